The van der Waals surface area contributed by atoms with Gasteiger partial charge < -0.3 is 19.7 Å². The van der Waals surface area contributed by atoms with Crippen LogP contribution in [0.5, 0.6) is 0 Å². The normalized spacial score (nSPS) is 20.1. The number of piperazine rings is 1. The van der Waals surface area contributed by atoms with E-state index >= 15 is 0 Å². The highest BCUT2D eigenvalue weighted by molar-refractivity contribution is 14.0. The van der Waals surface area contributed by atoms with Crippen LogP contribution < -0.4 is 5.32 Å². The molecule has 0 saturated carbocycles. The van der Waals surface area contributed by atoms with Crippen molar-refractivity contribution in [2.24, 2.45) is 4.99 Å². The summed E-state index contributed by atoms with van der Waals surface area (Å²) in [5.74, 6) is 0.895. The molecule has 2 aliphatic rings. The molecule has 0 atom stereocenters. The summed E-state index contributed by atoms with van der Waals surface area (Å²) in [5.41, 5.74) is -0.0496. The van der Waals surface area contributed by atoms with Crippen LogP contribution in [-0.4, -0.2) is 118 Å². The van der Waals surface area contributed by atoms with Gasteiger partial charge in [-0.1, -0.05) is 0 Å². The summed E-state index contributed by atoms with van der Waals surface area (Å²) in [6, 6.07) is 0. The van der Waals surface area contributed by atoms with E-state index in [4.69, 9.17) is 14.5 Å². The van der Waals surface area contributed by atoms with Crippen LogP contribution in [0.15, 0.2) is 4.99 Å². The number of rotatable bonds is 9. The second-order valence-corrected chi connectivity index (χ2v) is 10.8. The zero-order valence-electron chi connectivity index (χ0n) is 19.8. The standard InChI is InChI=1S/C20H41N5O4S.HI/c1-6-21-19(22-17-20(4,5)24-11-13-28-14-12-24)23-7-9-25(10-8-23)30(26,27)16-15-29-18(2)3;/h18H,6-17H2,1-5H3,(H,21,22);1H. The van der Waals surface area contributed by atoms with Crippen LogP contribution in [0.1, 0.15) is 34.6 Å². The summed E-state index contributed by atoms with van der Waals surface area (Å²) in [7, 11) is -3.29. The predicted molar refractivity (Wildman–Crippen MR) is 136 cm³/mol. The molecule has 2 aliphatic heterocycles. The molecule has 0 radical (unpaired) electrons. The third-order valence-corrected chi connectivity index (χ3v) is 7.38. The van der Waals surface area contributed by atoms with Crippen molar-refractivity contribution in [3.8, 4) is 0 Å². The minimum atomic E-state index is -3.29. The van der Waals surface area contributed by atoms with Crippen molar-refractivity contribution in [2.75, 3.05) is 77.9 Å². The van der Waals surface area contributed by atoms with Gasteiger partial charge in [-0.3, -0.25) is 9.89 Å². The molecule has 184 valence electrons. The maximum absolute atomic E-state index is 12.6. The molecule has 0 aromatic heterocycles. The van der Waals surface area contributed by atoms with Gasteiger partial charge in [0.2, 0.25) is 10.0 Å². The maximum atomic E-state index is 12.6. The van der Waals surface area contributed by atoms with E-state index in [0.29, 0.717) is 32.7 Å². The number of morpholine rings is 1. The van der Waals surface area contributed by atoms with Gasteiger partial charge in [-0.2, -0.15) is 4.31 Å². The van der Waals surface area contributed by atoms with Crippen molar-refractivity contribution >= 4 is 40.0 Å². The fourth-order valence-electron chi connectivity index (χ4n) is 3.66. The monoisotopic (exact) mass is 575 g/mol. The van der Waals surface area contributed by atoms with E-state index in [9.17, 15) is 8.42 Å². The Hall–Kier alpha value is -0.210. The average Bonchev–Trinajstić information content (AvgIpc) is 2.71. The number of guanidine groups is 1. The fourth-order valence-corrected chi connectivity index (χ4v) is 4.94. The lowest BCUT2D eigenvalue weighted by molar-refractivity contribution is -0.00690. The zero-order chi connectivity index (χ0) is 22.2. The smallest absolute Gasteiger partial charge is 0.216 e. The summed E-state index contributed by atoms with van der Waals surface area (Å²) >= 11 is 0. The van der Waals surface area contributed by atoms with Crippen molar-refractivity contribution in [3.63, 3.8) is 0 Å². The van der Waals surface area contributed by atoms with Gasteiger partial charge in [-0.15, -0.1) is 24.0 Å². The number of aliphatic imine (C=N–C) groups is 1. The van der Waals surface area contributed by atoms with Gasteiger partial charge in [0.05, 0.1) is 38.2 Å². The Kier molecular flexibility index (Phi) is 12.5. The SMILES string of the molecule is CCNC(=NCC(C)(C)N1CCOCC1)N1CCN(S(=O)(=O)CCOC(C)C)CC1.I. The van der Waals surface area contributed by atoms with Crippen molar-refractivity contribution in [1.29, 1.82) is 0 Å². The van der Waals surface area contributed by atoms with E-state index in [2.05, 4.69) is 35.9 Å². The number of ether oxygens (including phenoxy) is 2. The molecular formula is C20H42IN5O4S. The summed E-state index contributed by atoms with van der Waals surface area (Å²) in [6.07, 6.45) is 0.0395. The Labute approximate surface area is 206 Å². The van der Waals surface area contributed by atoms with E-state index in [0.717, 1.165) is 38.8 Å². The quantitative estimate of drug-likeness (QED) is 0.250. The summed E-state index contributed by atoms with van der Waals surface area (Å²) in [5, 5.41) is 3.37. The largest absolute Gasteiger partial charge is 0.379 e. The van der Waals surface area contributed by atoms with Crippen LogP contribution in [0.25, 0.3) is 0 Å². The minimum Gasteiger partial charge on any atom is -0.379 e. The van der Waals surface area contributed by atoms with Crippen molar-refractivity contribution in [1.82, 2.24) is 19.4 Å². The molecule has 2 rings (SSSR count). The van der Waals surface area contributed by atoms with Crippen LogP contribution in [0.3, 0.4) is 0 Å². The first-order valence-electron chi connectivity index (χ1n) is 11.1. The number of hydrogen-bond donors (Lipinski definition) is 1. The van der Waals surface area contributed by atoms with E-state index in [1.54, 1.807) is 4.31 Å². The molecule has 0 bridgehead atoms. The topological polar surface area (TPSA) is 86.7 Å². The first-order chi connectivity index (χ1) is 14.2. The molecule has 0 unspecified atom stereocenters. The highest BCUT2D eigenvalue weighted by atomic mass is 127. The highest BCUT2D eigenvalue weighted by Crippen LogP contribution is 2.17. The number of nitrogens with zero attached hydrogens (tertiary/aromatic N) is 4. The van der Waals surface area contributed by atoms with E-state index < -0.39 is 10.0 Å². The number of nitrogens with one attached hydrogen (secondary N) is 1. The molecule has 0 amide bonds. The lowest BCUT2D eigenvalue weighted by Crippen LogP contribution is -2.55. The van der Waals surface area contributed by atoms with Gasteiger partial charge in [-0.05, 0) is 34.6 Å². The Morgan fingerprint density at radius 3 is 2.29 bits per heavy atom. The summed E-state index contributed by atoms with van der Waals surface area (Å²) in [6.45, 7) is 17.6. The Morgan fingerprint density at radius 1 is 1.13 bits per heavy atom. The van der Waals surface area contributed by atoms with Gasteiger partial charge >= 0.3 is 0 Å². The number of halogens is 1. The average molecular weight is 576 g/mol. The first kappa shape index (κ1) is 28.8. The van der Waals surface area contributed by atoms with E-state index in [1.807, 2.05) is 13.8 Å². The van der Waals surface area contributed by atoms with Crippen LogP contribution in [-0.2, 0) is 19.5 Å². The van der Waals surface area contributed by atoms with Crippen LogP contribution >= 0.6 is 24.0 Å². The van der Waals surface area contributed by atoms with Crippen molar-refractivity contribution < 1.29 is 17.9 Å². The molecule has 0 spiro atoms. The Morgan fingerprint density at radius 2 is 1.74 bits per heavy atom. The minimum absolute atomic E-state index is 0. The van der Waals surface area contributed by atoms with Crippen LogP contribution in [0.4, 0.5) is 0 Å². The highest BCUT2D eigenvalue weighted by Gasteiger charge is 2.30. The Balaban J connectivity index is 0.00000480. The summed E-state index contributed by atoms with van der Waals surface area (Å²) < 4.78 is 37.6. The molecule has 0 aromatic carbocycles. The Bertz CT molecular complexity index is 646. The third-order valence-electron chi connectivity index (χ3n) is 5.54. The number of sulfonamides is 1. The molecule has 2 fully saturated rings. The molecule has 0 aliphatic carbocycles. The van der Waals surface area contributed by atoms with Gasteiger partial charge in [0.15, 0.2) is 5.96 Å². The van der Waals surface area contributed by atoms with Crippen molar-refractivity contribution in [3.05, 3.63) is 0 Å². The first-order valence-corrected chi connectivity index (χ1v) is 12.7. The van der Waals surface area contributed by atoms with Crippen LogP contribution in [0.2, 0.25) is 0 Å². The third kappa shape index (κ3) is 9.28. The van der Waals surface area contributed by atoms with Gasteiger partial charge in [-0.25, -0.2) is 8.42 Å². The second-order valence-electron chi connectivity index (χ2n) is 8.70. The molecular weight excluding hydrogens is 533 g/mol. The van der Waals surface area contributed by atoms with Gasteiger partial charge in [0.1, 0.15) is 0 Å². The molecule has 1 N–H and O–H groups in total. The molecule has 0 aromatic rings. The molecule has 31 heavy (non-hydrogen) atoms. The molecule has 2 heterocycles. The van der Waals surface area contributed by atoms with Gasteiger partial charge in [0, 0.05) is 51.4 Å². The fraction of sp³-hybridized carbons (Fsp3) is 0.950. The van der Waals surface area contributed by atoms with E-state index in [1.165, 1.54) is 0 Å². The van der Waals surface area contributed by atoms with Crippen LogP contribution in [0, 0.1) is 0 Å². The van der Waals surface area contributed by atoms with E-state index in [-0.39, 0.29) is 48.0 Å². The number of hydrogen-bond acceptors (Lipinski definition) is 6. The second kappa shape index (κ2) is 13.5. The van der Waals surface area contributed by atoms with Crippen molar-refractivity contribution in [2.45, 2.75) is 46.3 Å². The molecule has 2 saturated heterocycles. The molecule has 9 nitrogen and oxygen atoms in total. The summed E-state index contributed by atoms with van der Waals surface area (Å²) in [4.78, 5) is 9.49. The predicted octanol–water partition coefficient (Wildman–Crippen LogP) is 1.05. The lowest BCUT2D eigenvalue weighted by atomic mass is 10.0. The zero-order valence-corrected chi connectivity index (χ0v) is 22.9. The van der Waals surface area contributed by atoms with Gasteiger partial charge in [0.25, 0.3) is 0 Å². The maximum Gasteiger partial charge on any atom is 0.216 e. The molecule has 11 heteroatoms. The lowest BCUT2D eigenvalue weighted by Gasteiger charge is -2.40.